The van der Waals surface area contributed by atoms with Crippen molar-refractivity contribution < 1.29 is 9.59 Å². The summed E-state index contributed by atoms with van der Waals surface area (Å²) in [5, 5.41) is 2.83. The van der Waals surface area contributed by atoms with Gasteiger partial charge in [0.05, 0.1) is 6.54 Å². The van der Waals surface area contributed by atoms with Gasteiger partial charge < -0.3 is 10.2 Å². The summed E-state index contributed by atoms with van der Waals surface area (Å²) in [6.45, 7) is 1.97. The van der Waals surface area contributed by atoms with Crippen molar-refractivity contribution in [2.75, 3.05) is 13.6 Å². The number of rotatable bonds is 4. The summed E-state index contributed by atoms with van der Waals surface area (Å²) < 4.78 is 0. The van der Waals surface area contributed by atoms with Crippen LogP contribution >= 0.6 is 0 Å². The molecule has 0 aromatic rings. The molecule has 0 atom stereocenters. The lowest BCUT2D eigenvalue weighted by Gasteiger charge is -2.15. The Balaban J connectivity index is 2.21. The van der Waals surface area contributed by atoms with Crippen molar-refractivity contribution in [1.29, 1.82) is 0 Å². The van der Waals surface area contributed by atoms with Crippen molar-refractivity contribution in [2.24, 2.45) is 0 Å². The standard InChI is InChI=1S/C9H16N2O2/c1-3-9(13)11(2)6-8(12)10-7-4-5-7/h7H,3-6H2,1-2H3,(H,10,12). The molecule has 0 aliphatic heterocycles. The van der Waals surface area contributed by atoms with Crippen LogP contribution in [0.3, 0.4) is 0 Å². The third kappa shape index (κ3) is 3.44. The molecule has 1 saturated carbocycles. The van der Waals surface area contributed by atoms with Crippen LogP contribution in [0, 0.1) is 0 Å². The van der Waals surface area contributed by atoms with E-state index >= 15 is 0 Å². The van der Waals surface area contributed by atoms with Gasteiger partial charge in [-0.15, -0.1) is 0 Å². The summed E-state index contributed by atoms with van der Waals surface area (Å²) in [5.74, 6) is -0.0438. The first-order chi connectivity index (χ1) is 6.13. The van der Waals surface area contributed by atoms with Crippen LogP contribution in [0.15, 0.2) is 0 Å². The Morgan fingerprint density at radius 3 is 2.54 bits per heavy atom. The van der Waals surface area contributed by atoms with Crippen molar-refractivity contribution in [3.63, 3.8) is 0 Å². The van der Waals surface area contributed by atoms with Gasteiger partial charge in [0.15, 0.2) is 0 Å². The first kappa shape index (κ1) is 10.0. The number of nitrogens with zero attached hydrogens (tertiary/aromatic N) is 1. The minimum atomic E-state index is -0.0493. The molecule has 4 heteroatoms. The first-order valence-electron chi connectivity index (χ1n) is 4.66. The molecule has 0 bridgehead atoms. The van der Waals surface area contributed by atoms with E-state index in [9.17, 15) is 9.59 Å². The summed E-state index contributed by atoms with van der Waals surface area (Å²) in [5.41, 5.74) is 0. The Labute approximate surface area is 78.3 Å². The molecule has 1 fully saturated rings. The third-order valence-electron chi connectivity index (χ3n) is 2.05. The predicted octanol–water partition coefficient (Wildman–Crippen LogP) is 0.133. The van der Waals surface area contributed by atoms with E-state index < -0.39 is 0 Å². The molecule has 0 saturated heterocycles. The van der Waals surface area contributed by atoms with Crippen LogP contribution in [0.5, 0.6) is 0 Å². The lowest BCUT2D eigenvalue weighted by molar-refractivity contribution is -0.134. The van der Waals surface area contributed by atoms with E-state index in [1.165, 1.54) is 4.90 Å². The number of carbonyl (C=O) groups is 2. The second kappa shape index (κ2) is 4.25. The van der Waals surface area contributed by atoms with Gasteiger partial charge in [-0.1, -0.05) is 6.92 Å². The summed E-state index contributed by atoms with van der Waals surface area (Å²) >= 11 is 0. The average molecular weight is 184 g/mol. The topological polar surface area (TPSA) is 49.4 Å². The van der Waals surface area contributed by atoms with Crippen LogP contribution in [0.25, 0.3) is 0 Å². The molecule has 2 amide bonds. The molecule has 0 spiro atoms. The minimum absolute atomic E-state index is 0.00551. The van der Waals surface area contributed by atoms with Gasteiger partial charge >= 0.3 is 0 Å². The molecule has 0 radical (unpaired) electrons. The second-order valence-corrected chi connectivity index (χ2v) is 3.45. The van der Waals surface area contributed by atoms with Crippen molar-refractivity contribution in [1.82, 2.24) is 10.2 Å². The van der Waals surface area contributed by atoms with E-state index in [0.717, 1.165) is 12.8 Å². The summed E-state index contributed by atoms with van der Waals surface area (Å²) in [6.07, 6.45) is 2.61. The molecule has 0 heterocycles. The number of hydrogen-bond acceptors (Lipinski definition) is 2. The van der Waals surface area contributed by atoms with E-state index in [4.69, 9.17) is 0 Å². The van der Waals surface area contributed by atoms with Gasteiger partial charge in [-0.25, -0.2) is 0 Å². The largest absolute Gasteiger partial charge is 0.352 e. The van der Waals surface area contributed by atoms with Gasteiger partial charge in [0.2, 0.25) is 11.8 Å². The van der Waals surface area contributed by atoms with Crippen molar-refractivity contribution >= 4 is 11.8 Å². The Morgan fingerprint density at radius 2 is 2.08 bits per heavy atom. The molecular formula is C9H16N2O2. The Morgan fingerprint density at radius 1 is 1.46 bits per heavy atom. The van der Waals surface area contributed by atoms with Crippen LogP contribution < -0.4 is 5.32 Å². The normalized spacial score (nSPS) is 15.2. The fourth-order valence-corrected chi connectivity index (χ4v) is 1.07. The van der Waals surface area contributed by atoms with Crippen molar-refractivity contribution in [3.05, 3.63) is 0 Å². The fraction of sp³-hybridized carbons (Fsp3) is 0.778. The molecule has 0 unspecified atom stereocenters. The zero-order valence-electron chi connectivity index (χ0n) is 8.17. The second-order valence-electron chi connectivity index (χ2n) is 3.45. The maximum Gasteiger partial charge on any atom is 0.239 e. The highest BCUT2D eigenvalue weighted by atomic mass is 16.2. The number of nitrogens with one attached hydrogen (secondary N) is 1. The number of hydrogen-bond donors (Lipinski definition) is 1. The highest BCUT2D eigenvalue weighted by Crippen LogP contribution is 2.18. The Hall–Kier alpha value is -1.06. The maximum atomic E-state index is 11.2. The highest BCUT2D eigenvalue weighted by Gasteiger charge is 2.23. The SMILES string of the molecule is CCC(=O)N(C)CC(=O)NC1CC1. The van der Waals surface area contributed by atoms with Crippen molar-refractivity contribution in [2.45, 2.75) is 32.2 Å². The van der Waals surface area contributed by atoms with Crippen LogP contribution in [0.4, 0.5) is 0 Å². The smallest absolute Gasteiger partial charge is 0.239 e. The van der Waals surface area contributed by atoms with Crippen LogP contribution in [-0.2, 0) is 9.59 Å². The third-order valence-corrected chi connectivity index (χ3v) is 2.05. The van der Waals surface area contributed by atoms with Gasteiger partial charge in [0.25, 0.3) is 0 Å². The molecule has 0 aromatic heterocycles. The average Bonchev–Trinajstić information content (AvgIpc) is 2.86. The minimum Gasteiger partial charge on any atom is -0.352 e. The van der Waals surface area contributed by atoms with Crippen molar-refractivity contribution in [3.8, 4) is 0 Å². The molecule has 13 heavy (non-hydrogen) atoms. The molecule has 1 aliphatic carbocycles. The van der Waals surface area contributed by atoms with Gasteiger partial charge in [-0.2, -0.15) is 0 Å². The monoisotopic (exact) mass is 184 g/mol. The lowest BCUT2D eigenvalue weighted by atomic mass is 10.4. The van der Waals surface area contributed by atoms with Gasteiger partial charge in [-0.05, 0) is 12.8 Å². The highest BCUT2D eigenvalue weighted by molar-refractivity contribution is 5.84. The van der Waals surface area contributed by atoms with E-state index in [1.807, 2.05) is 0 Å². The maximum absolute atomic E-state index is 11.2. The van der Waals surface area contributed by atoms with Crippen LogP contribution in [-0.4, -0.2) is 36.3 Å². The molecule has 1 aliphatic rings. The fourth-order valence-electron chi connectivity index (χ4n) is 1.07. The van der Waals surface area contributed by atoms with Crippen LogP contribution in [0.2, 0.25) is 0 Å². The number of likely N-dealkylation sites (N-methyl/N-ethyl adjacent to an activating group) is 1. The zero-order valence-corrected chi connectivity index (χ0v) is 8.17. The number of amides is 2. The van der Waals surface area contributed by atoms with E-state index in [-0.39, 0.29) is 18.4 Å². The molecule has 0 aromatic carbocycles. The summed E-state index contributed by atoms with van der Waals surface area (Å²) in [4.78, 5) is 23.8. The Kier molecular flexibility index (Phi) is 3.28. The first-order valence-corrected chi connectivity index (χ1v) is 4.66. The van der Waals surface area contributed by atoms with Gasteiger partial charge in [-0.3, -0.25) is 9.59 Å². The predicted molar refractivity (Wildman–Crippen MR) is 49.1 cm³/mol. The summed E-state index contributed by atoms with van der Waals surface area (Å²) in [7, 11) is 1.65. The molecule has 74 valence electrons. The summed E-state index contributed by atoms with van der Waals surface area (Å²) in [6, 6.07) is 0.373. The lowest BCUT2D eigenvalue weighted by Crippen LogP contribution is -2.38. The quantitative estimate of drug-likeness (QED) is 0.675. The van der Waals surface area contributed by atoms with Gasteiger partial charge in [0.1, 0.15) is 0 Å². The molecular weight excluding hydrogens is 168 g/mol. The van der Waals surface area contributed by atoms with E-state index in [2.05, 4.69) is 5.32 Å². The van der Waals surface area contributed by atoms with E-state index in [1.54, 1.807) is 14.0 Å². The van der Waals surface area contributed by atoms with Crippen LogP contribution in [0.1, 0.15) is 26.2 Å². The molecule has 1 N–H and O–H groups in total. The van der Waals surface area contributed by atoms with Gasteiger partial charge in [0, 0.05) is 19.5 Å². The van der Waals surface area contributed by atoms with E-state index in [0.29, 0.717) is 12.5 Å². The Bertz CT molecular complexity index is 212. The molecule has 4 nitrogen and oxygen atoms in total. The molecule has 1 rings (SSSR count). The number of carbonyl (C=O) groups excluding carboxylic acids is 2. The zero-order chi connectivity index (χ0) is 9.84.